The third-order valence-electron chi connectivity index (χ3n) is 4.29. The number of rotatable bonds is 4. The highest BCUT2D eigenvalue weighted by atomic mass is 16.4. The van der Waals surface area contributed by atoms with Crippen molar-refractivity contribution in [3.63, 3.8) is 0 Å². The lowest BCUT2D eigenvalue weighted by Gasteiger charge is -2.27. The molecule has 1 heterocycles. The molecule has 0 unspecified atom stereocenters. The van der Waals surface area contributed by atoms with Gasteiger partial charge in [-0.05, 0) is 25.7 Å². The Morgan fingerprint density at radius 1 is 1.00 bits per heavy atom. The Morgan fingerprint density at radius 3 is 2.20 bits per heavy atom. The Kier molecular flexibility index (Phi) is 4.98. The number of hydrogen-bond acceptors (Lipinski definition) is 3. The number of hydrogen-bond donors (Lipinski definition) is 2. The van der Waals surface area contributed by atoms with Gasteiger partial charge in [0.25, 0.3) is 0 Å². The van der Waals surface area contributed by atoms with Crippen LogP contribution < -0.4 is 5.32 Å². The summed E-state index contributed by atoms with van der Waals surface area (Å²) in [7, 11) is 0. The Balaban J connectivity index is 1.83. The van der Waals surface area contributed by atoms with Gasteiger partial charge in [-0.2, -0.15) is 0 Å². The number of carbonyl (C=O) groups is 3. The molecule has 2 fully saturated rings. The standard InChI is InChI=1S/C14H22N2O4/c17-12(16-7-3-4-8-16)9-15-13(18)10-5-1-2-6-11(10)14(19)20/h10-11H,1-9H2,(H,15,18)(H,19,20)/t10-,11+/m1/s1. The van der Waals surface area contributed by atoms with Crippen LogP contribution in [0.15, 0.2) is 0 Å². The first-order chi connectivity index (χ1) is 9.59. The van der Waals surface area contributed by atoms with Gasteiger partial charge in [0.15, 0.2) is 0 Å². The zero-order chi connectivity index (χ0) is 14.5. The Bertz CT molecular complexity index is 391. The molecule has 6 heteroatoms. The molecule has 1 aliphatic heterocycles. The molecule has 1 saturated heterocycles. The summed E-state index contributed by atoms with van der Waals surface area (Å²) >= 11 is 0. The van der Waals surface area contributed by atoms with Crippen LogP contribution in [-0.4, -0.2) is 47.4 Å². The van der Waals surface area contributed by atoms with E-state index in [9.17, 15) is 14.4 Å². The van der Waals surface area contributed by atoms with Crippen LogP contribution in [0.1, 0.15) is 38.5 Å². The Hall–Kier alpha value is -1.59. The van der Waals surface area contributed by atoms with E-state index in [1.807, 2.05) is 0 Å². The van der Waals surface area contributed by atoms with Gasteiger partial charge in [-0.3, -0.25) is 14.4 Å². The van der Waals surface area contributed by atoms with E-state index < -0.39 is 17.8 Å². The van der Waals surface area contributed by atoms with Gasteiger partial charge in [-0.15, -0.1) is 0 Å². The summed E-state index contributed by atoms with van der Waals surface area (Å²) in [6.07, 6.45) is 4.91. The maximum atomic E-state index is 12.1. The number of amides is 2. The van der Waals surface area contributed by atoms with E-state index in [1.165, 1.54) is 0 Å². The average Bonchev–Trinajstić information content (AvgIpc) is 2.98. The van der Waals surface area contributed by atoms with Gasteiger partial charge in [-0.25, -0.2) is 0 Å². The molecule has 0 spiro atoms. The number of carboxylic acids is 1. The number of carbonyl (C=O) groups excluding carboxylic acids is 2. The molecule has 0 aromatic carbocycles. The number of likely N-dealkylation sites (tertiary alicyclic amines) is 1. The molecule has 6 nitrogen and oxygen atoms in total. The van der Waals surface area contributed by atoms with E-state index in [4.69, 9.17) is 5.11 Å². The number of aliphatic carboxylic acids is 1. The van der Waals surface area contributed by atoms with Gasteiger partial charge >= 0.3 is 5.97 Å². The quantitative estimate of drug-likeness (QED) is 0.791. The molecule has 20 heavy (non-hydrogen) atoms. The molecule has 2 rings (SSSR count). The van der Waals surface area contributed by atoms with E-state index in [1.54, 1.807) is 4.90 Å². The first-order valence-corrected chi connectivity index (χ1v) is 7.38. The van der Waals surface area contributed by atoms with Crippen LogP contribution >= 0.6 is 0 Å². The summed E-state index contributed by atoms with van der Waals surface area (Å²) in [6.45, 7) is 1.51. The van der Waals surface area contributed by atoms with Crippen molar-refractivity contribution in [1.29, 1.82) is 0 Å². The van der Waals surface area contributed by atoms with Gasteiger partial charge in [0.2, 0.25) is 11.8 Å². The van der Waals surface area contributed by atoms with Crippen molar-refractivity contribution in [1.82, 2.24) is 10.2 Å². The lowest BCUT2D eigenvalue weighted by molar-refractivity contribution is -0.149. The van der Waals surface area contributed by atoms with Crippen LogP contribution in [0.3, 0.4) is 0 Å². The molecule has 2 atom stereocenters. The predicted molar refractivity (Wildman–Crippen MR) is 71.9 cm³/mol. The van der Waals surface area contributed by atoms with Gasteiger partial charge in [0.05, 0.1) is 18.4 Å². The van der Waals surface area contributed by atoms with E-state index in [-0.39, 0.29) is 18.4 Å². The lowest BCUT2D eigenvalue weighted by Crippen LogP contribution is -2.44. The second kappa shape index (κ2) is 6.72. The second-order valence-corrected chi connectivity index (χ2v) is 5.64. The fraction of sp³-hybridized carbons (Fsp3) is 0.786. The third kappa shape index (κ3) is 3.49. The van der Waals surface area contributed by atoms with Crippen molar-refractivity contribution < 1.29 is 19.5 Å². The minimum absolute atomic E-state index is 0.0122. The first-order valence-electron chi connectivity index (χ1n) is 7.38. The molecule has 0 bridgehead atoms. The van der Waals surface area contributed by atoms with Crippen molar-refractivity contribution in [2.75, 3.05) is 19.6 Å². The van der Waals surface area contributed by atoms with Crippen LogP contribution in [0, 0.1) is 11.8 Å². The van der Waals surface area contributed by atoms with E-state index in [2.05, 4.69) is 5.32 Å². The van der Waals surface area contributed by atoms with Crippen LogP contribution in [0.5, 0.6) is 0 Å². The van der Waals surface area contributed by atoms with E-state index >= 15 is 0 Å². The van der Waals surface area contributed by atoms with Gasteiger partial charge < -0.3 is 15.3 Å². The van der Waals surface area contributed by atoms with Crippen LogP contribution in [0.2, 0.25) is 0 Å². The minimum Gasteiger partial charge on any atom is -0.481 e. The molecule has 2 N–H and O–H groups in total. The summed E-state index contributed by atoms with van der Waals surface area (Å²) in [6, 6.07) is 0. The highest BCUT2D eigenvalue weighted by Gasteiger charge is 2.35. The first kappa shape index (κ1) is 14.8. The molecule has 1 saturated carbocycles. The Morgan fingerprint density at radius 2 is 1.60 bits per heavy atom. The van der Waals surface area contributed by atoms with Crippen molar-refractivity contribution >= 4 is 17.8 Å². The van der Waals surface area contributed by atoms with Crippen molar-refractivity contribution in [3.8, 4) is 0 Å². The summed E-state index contributed by atoms with van der Waals surface area (Å²) in [5, 5.41) is 11.8. The maximum Gasteiger partial charge on any atom is 0.307 e. The molecule has 0 aromatic rings. The van der Waals surface area contributed by atoms with Crippen LogP contribution in [0.25, 0.3) is 0 Å². The lowest BCUT2D eigenvalue weighted by atomic mass is 9.79. The smallest absolute Gasteiger partial charge is 0.307 e. The number of nitrogens with one attached hydrogen (secondary N) is 1. The van der Waals surface area contributed by atoms with Gasteiger partial charge in [0, 0.05) is 13.1 Å². The molecule has 1 aliphatic carbocycles. The van der Waals surface area contributed by atoms with E-state index in [0.29, 0.717) is 12.8 Å². The maximum absolute atomic E-state index is 12.1. The highest BCUT2D eigenvalue weighted by Crippen LogP contribution is 2.30. The van der Waals surface area contributed by atoms with E-state index in [0.717, 1.165) is 38.8 Å². The van der Waals surface area contributed by atoms with Gasteiger partial charge in [-0.1, -0.05) is 12.8 Å². The van der Waals surface area contributed by atoms with Crippen LogP contribution in [-0.2, 0) is 14.4 Å². The normalized spacial score (nSPS) is 26.3. The fourth-order valence-corrected chi connectivity index (χ4v) is 3.11. The summed E-state index contributed by atoms with van der Waals surface area (Å²) in [4.78, 5) is 36.8. The van der Waals surface area contributed by atoms with Crippen molar-refractivity contribution in [2.24, 2.45) is 11.8 Å². The second-order valence-electron chi connectivity index (χ2n) is 5.64. The highest BCUT2D eigenvalue weighted by molar-refractivity contribution is 5.88. The summed E-state index contributed by atoms with van der Waals surface area (Å²) < 4.78 is 0. The minimum atomic E-state index is -0.907. The fourth-order valence-electron chi connectivity index (χ4n) is 3.11. The molecular weight excluding hydrogens is 260 g/mol. The third-order valence-corrected chi connectivity index (χ3v) is 4.29. The average molecular weight is 282 g/mol. The molecule has 2 amide bonds. The number of carboxylic acid groups (broad SMARTS) is 1. The van der Waals surface area contributed by atoms with Gasteiger partial charge in [0.1, 0.15) is 0 Å². The number of nitrogens with zero attached hydrogens (tertiary/aromatic N) is 1. The topological polar surface area (TPSA) is 86.7 Å². The SMILES string of the molecule is O=C(O)[C@H]1CCCC[C@H]1C(=O)NCC(=O)N1CCCC1. The molecule has 112 valence electrons. The zero-order valence-electron chi connectivity index (χ0n) is 11.6. The van der Waals surface area contributed by atoms with Crippen LogP contribution in [0.4, 0.5) is 0 Å². The summed E-state index contributed by atoms with van der Waals surface area (Å²) in [5.74, 6) is -2.36. The Labute approximate surface area is 118 Å². The molecule has 2 aliphatic rings. The molecule has 0 aromatic heterocycles. The predicted octanol–water partition coefficient (Wildman–Crippen LogP) is 0.616. The van der Waals surface area contributed by atoms with Crippen molar-refractivity contribution in [3.05, 3.63) is 0 Å². The summed E-state index contributed by atoms with van der Waals surface area (Å²) in [5.41, 5.74) is 0. The molecular formula is C14H22N2O4. The largest absolute Gasteiger partial charge is 0.481 e. The zero-order valence-corrected chi connectivity index (χ0v) is 11.6. The molecule has 0 radical (unpaired) electrons. The van der Waals surface area contributed by atoms with Crippen molar-refractivity contribution in [2.45, 2.75) is 38.5 Å². The monoisotopic (exact) mass is 282 g/mol.